The predicted molar refractivity (Wildman–Crippen MR) is 70.1 cm³/mol. The maximum Gasteiger partial charge on any atom is 0.0659 e. The minimum atomic E-state index is -0.0750. The summed E-state index contributed by atoms with van der Waals surface area (Å²) in [4.78, 5) is 4.83. The zero-order valence-corrected chi connectivity index (χ0v) is 11.3. The second-order valence-corrected chi connectivity index (χ2v) is 6.15. The third-order valence-electron chi connectivity index (χ3n) is 4.00. The molecular weight excluding hydrogens is 214 g/mol. The molecule has 2 heterocycles. The molecule has 2 aliphatic heterocycles. The van der Waals surface area contributed by atoms with E-state index in [9.17, 15) is 0 Å². The summed E-state index contributed by atoms with van der Waals surface area (Å²) in [5.74, 6) is 0.870. The largest absolute Gasteiger partial charge is 0.379 e. The fourth-order valence-electron chi connectivity index (χ4n) is 3.04. The van der Waals surface area contributed by atoms with Crippen LogP contribution in [0.2, 0.25) is 0 Å². The molecule has 0 saturated carbocycles. The fourth-order valence-corrected chi connectivity index (χ4v) is 3.04. The van der Waals surface area contributed by atoms with Gasteiger partial charge in [-0.15, -0.1) is 0 Å². The molecular formula is C13H27N3O. The second-order valence-electron chi connectivity index (χ2n) is 6.15. The first-order valence-corrected chi connectivity index (χ1v) is 6.81. The molecule has 100 valence electrons. The Labute approximate surface area is 105 Å². The fraction of sp³-hybridized carbons (Fsp3) is 1.00. The number of likely N-dealkylation sites (tertiary alicyclic amines) is 1. The van der Waals surface area contributed by atoms with Gasteiger partial charge in [0.1, 0.15) is 0 Å². The van der Waals surface area contributed by atoms with E-state index in [1.807, 2.05) is 0 Å². The quantitative estimate of drug-likeness (QED) is 0.772. The Morgan fingerprint density at radius 1 is 1.35 bits per heavy atom. The Hall–Kier alpha value is -0.160. The molecule has 0 aliphatic carbocycles. The van der Waals surface area contributed by atoms with E-state index in [4.69, 9.17) is 10.5 Å². The molecule has 0 bridgehead atoms. The van der Waals surface area contributed by atoms with E-state index >= 15 is 0 Å². The molecule has 1 unspecified atom stereocenters. The molecule has 0 aromatic rings. The van der Waals surface area contributed by atoms with E-state index in [2.05, 4.69) is 23.9 Å². The van der Waals surface area contributed by atoms with Crippen molar-refractivity contribution in [2.24, 2.45) is 11.7 Å². The van der Waals surface area contributed by atoms with Gasteiger partial charge in [-0.3, -0.25) is 0 Å². The lowest BCUT2D eigenvalue weighted by atomic mass is 9.93. The first-order valence-electron chi connectivity index (χ1n) is 6.81. The predicted octanol–water partition coefficient (Wildman–Crippen LogP) is 0.378. The number of nitrogens with two attached hydrogens (primary N) is 1. The smallest absolute Gasteiger partial charge is 0.0659 e. The molecule has 0 aromatic heterocycles. The van der Waals surface area contributed by atoms with E-state index < -0.39 is 0 Å². The summed E-state index contributed by atoms with van der Waals surface area (Å²) in [5, 5.41) is 0. The molecule has 0 amide bonds. The van der Waals surface area contributed by atoms with E-state index in [-0.39, 0.29) is 5.54 Å². The topological polar surface area (TPSA) is 41.7 Å². The highest BCUT2D eigenvalue weighted by atomic mass is 16.5. The first-order chi connectivity index (χ1) is 8.07. The van der Waals surface area contributed by atoms with Crippen molar-refractivity contribution in [1.29, 1.82) is 0 Å². The summed E-state index contributed by atoms with van der Waals surface area (Å²) in [6.45, 7) is 6.24. The Morgan fingerprint density at radius 2 is 2.06 bits per heavy atom. The molecule has 1 atom stereocenters. The maximum absolute atomic E-state index is 6.33. The summed E-state index contributed by atoms with van der Waals surface area (Å²) in [5.41, 5.74) is 6.26. The van der Waals surface area contributed by atoms with Crippen molar-refractivity contribution >= 4 is 0 Å². The van der Waals surface area contributed by atoms with Crippen molar-refractivity contribution in [2.45, 2.75) is 24.8 Å². The molecule has 17 heavy (non-hydrogen) atoms. The van der Waals surface area contributed by atoms with Crippen LogP contribution in [0.5, 0.6) is 0 Å². The van der Waals surface area contributed by atoms with Crippen molar-refractivity contribution in [3.8, 4) is 0 Å². The van der Waals surface area contributed by atoms with Gasteiger partial charge in [-0.1, -0.05) is 0 Å². The third-order valence-corrected chi connectivity index (χ3v) is 4.00. The van der Waals surface area contributed by atoms with E-state index in [0.717, 1.165) is 32.1 Å². The number of ether oxygens (including phenoxy) is 1. The van der Waals surface area contributed by atoms with Crippen LogP contribution in [0.3, 0.4) is 0 Å². The highest BCUT2D eigenvalue weighted by molar-refractivity contribution is 4.92. The van der Waals surface area contributed by atoms with Gasteiger partial charge in [-0.05, 0) is 52.4 Å². The zero-order valence-electron chi connectivity index (χ0n) is 11.3. The van der Waals surface area contributed by atoms with Gasteiger partial charge in [0.15, 0.2) is 0 Å². The summed E-state index contributed by atoms with van der Waals surface area (Å²) in [6.07, 6.45) is 3.65. The van der Waals surface area contributed by atoms with E-state index in [1.54, 1.807) is 0 Å². The van der Waals surface area contributed by atoms with Crippen LogP contribution in [0, 0.1) is 5.92 Å². The summed E-state index contributed by atoms with van der Waals surface area (Å²) >= 11 is 0. The van der Waals surface area contributed by atoms with Gasteiger partial charge in [0.2, 0.25) is 0 Å². The van der Waals surface area contributed by atoms with Gasteiger partial charge in [0.05, 0.1) is 12.1 Å². The van der Waals surface area contributed by atoms with Crippen molar-refractivity contribution < 1.29 is 4.74 Å². The van der Waals surface area contributed by atoms with Crippen LogP contribution in [-0.4, -0.2) is 68.8 Å². The minimum Gasteiger partial charge on any atom is -0.379 e. The first kappa shape index (κ1) is 13.3. The van der Waals surface area contributed by atoms with Crippen LogP contribution in [0.1, 0.15) is 19.3 Å². The summed E-state index contributed by atoms with van der Waals surface area (Å²) < 4.78 is 5.42. The molecule has 2 saturated heterocycles. The number of hydrogen-bond acceptors (Lipinski definition) is 4. The van der Waals surface area contributed by atoms with Crippen LogP contribution in [0.4, 0.5) is 0 Å². The highest BCUT2D eigenvalue weighted by Crippen LogP contribution is 2.22. The Bertz CT molecular complexity index is 231. The van der Waals surface area contributed by atoms with Crippen molar-refractivity contribution in [2.75, 3.05) is 53.5 Å². The van der Waals surface area contributed by atoms with Crippen LogP contribution < -0.4 is 5.73 Å². The van der Waals surface area contributed by atoms with Gasteiger partial charge < -0.3 is 20.3 Å². The molecule has 2 N–H and O–H groups in total. The van der Waals surface area contributed by atoms with Gasteiger partial charge in [-0.2, -0.15) is 0 Å². The molecule has 0 radical (unpaired) electrons. The Balaban J connectivity index is 1.71. The number of piperidine rings is 1. The van der Waals surface area contributed by atoms with Crippen molar-refractivity contribution in [1.82, 2.24) is 9.80 Å². The maximum atomic E-state index is 6.33. The van der Waals surface area contributed by atoms with E-state index in [0.29, 0.717) is 0 Å². The Morgan fingerprint density at radius 3 is 2.59 bits per heavy atom. The molecule has 4 heteroatoms. The second kappa shape index (κ2) is 5.65. The zero-order chi connectivity index (χ0) is 12.3. The van der Waals surface area contributed by atoms with Crippen LogP contribution in [0.25, 0.3) is 0 Å². The molecule has 0 aromatic carbocycles. The highest BCUT2D eigenvalue weighted by Gasteiger charge is 2.33. The van der Waals surface area contributed by atoms with Crippen molar-refractivity contribution in [3.05, 3.63) is 0 Å². The minimum absolute atomic E-state index is 0.0750. The van der Waals surface area contributed by atoms with Gasteiger partial charge in [-0.25, -0.2) is 0 Å². The average molecular weight is 241 g/mol. The lowest BCUT2D eigenvalue weighted by molar-refractivity contribution is 0.119. The molecule has 2 aliphatic rings. The standard InChI is InChI=1S/C13H27N3O/c1-15(2)9-12-3-6-16(7-4-12)10-13(14)5-8-17-11-13/h12H,3-11,14H2,1-2H3. The summed E-state index contributed by atoms with van der Waals surface area (Å²) in [6, 6.07) is 0. The van der Waals surface area contributed by atoms with Crippen LogP contribution in [-0.2, 0) is 4.74 Å². The average Bonchev–Trinajstić information content (AvgIpc) is 2.67. The lowest BCUT2D eigenvalue weighted by Gasteiger charge is -2.37. The molecule has 4 nitrogen and oxygen atoms in total. The third kappa shape index (κ3) is 3.91. The number of rotatable bonds is 4. The SMILES string of the molecule is CN(C)CC1CCN(CC2(N)CCOC2)CC1. The molecule has 2 rings (SSSR count). The Kier molecular flexibility index (Phi) is 4.42. The van der Waals surface area contributed by atoms with E-state index in [1.165, 1.54) is 32.5 Å². The lowest BCUT2D eigenvalue weighted by Crippen LogP contribution is -2.52. The number of hydrogen-bond donors (Lipinski definition) is 1. The van der Waals surface area contributed by atoms with Crippen LogP contribution in [0.15, 0.2) is 0 Å². The summed E-state index contributed by atoms with van der Waals surface area (Å²) in [7, 11) is 4.33. The van der Waals surface area contributed by atoms with Crippen molar-refractivity contribution in [3.63, 3.8) is 0 Å². The molecule has 2 fully saturated rings. The van der Waals surface area contributed by atoms with Gasteiger partial charge in [0, 0.05) is 19.7 Å². The van der Waals surface area contributed by atoms with Gasteiger partial charge in [0.25, 0.3) is 0 Å². The number of nitrogens with zero attached hydrogens (tertiary/aromatic N) is 2. The van der Waals surface area contributed by atoms with Crippen LogP contribution >= 0.6 is 0 Å². The molecule has 0 spiro atoms. The normalized spacial score (nSPS) is 32.5. The monoisotopic (exact) mass is 241 g/mol. The van der Waals surface area contributed by atoms with Gasteiger partial charge >= 0.3 is 0 Å².